The van der Waals surface area contributed by atoms with Crippen LogP contribution in [0.1, 0.15) is 28.2 Å². The Kier molecular flexibility index (Phi) is 4.04. The first-order chi connectivity index (χ1) is 14.6. The maximum atomic E-state index is 9.97. The molecule has 0 saturated heterocycles. The number of nitrogens with two attached hydrogens (primary N) is 1. The molecule has 6 heteroatoms. The number of aromatic amines is 1. The van der Waals surface area contributed by atoms with Gasteiger partial charge in [-0.25, -0.2) is 0 Å². The van der Waals surface area contributed by atoms with Gasteiger partial charge in [0.2, 0.25) is 11.8 Å². The molecule has 30 heavy (non-hydrogen) atoms. The minimum atomic E-state index is -0.416. The van der Waals surface area contributed by atoms with Gasteiger partial charge in [-0.05, 0) is 37.1 Å². The first-order valence-electron chi connectivity index (χ1n) is 9.65. The second-order valence-corrected chi connectivity index (χ2v) is 7.48. The Morgan fingerprint density at radius 3 is 2.77 bits per heavy atom. The summed E-state index contributed by atoms with van der Waals surface area (Å²) >= 11 is 0. The Morgan fingerprint density at radius 2 is 1.97 bits per heavy atom. The number of nitrogens with zero attached hydrogens (tertiary/aromatic N) is 3. The number of allylic oxidation sites excluding steroid dienone is 1. The number of nitrogens with one attached hydrogen (secondary N) is 1. The van der Waals surface area contributed by atoms with E-state index in [4.69, 9.17) is 10.5 Å². The van der Waals surface area contributed by atoms with E-state index in [0.29, 0.717) is 11.5 Å². The Balaban J connectivity index is 1.82. The molecule has 146 valence electrons. The molecule has 3 heterocycles. The summed E-state index contributed by atoms with van der Waals surface area (Å²) in [4.78, 5) is 4.47. The SMILES string of the molecule is Cc1ccc(-c2[nH]nc3c2[C@@H](c2ccnc4ccccc24)C(C#N)=C(N)O3)c(C)c1. The molecule has 0 amide bonds. The van der Waals surface area contributed by atoms with Crippen molar-refractivity contribution in [2.75, 3.05) is 0 Å². The van der Waals surface area contributed by atoms with Crippen molar-refractivity contribution in [2.45, 2.75) is 19.8 Å². The Morgan fingerprint density at radius 1 is 1.13 bits per heavy atom. The molecule has 6 nitrogen and oxygen atoms in total. The molecule has 4 aromatic rings. The maximum absolute atomic E-state index is 9.97. The van der Waals surface area contributed by atoms with Gasteiger partial charge in [0.05, 0.1) is 22.7 Å². The third-order valence-corrected chi connectivity index (χ3v) is 5.58. The number of aromatic nitrogens is 3. The average Bonchev–Trinajstić information content (AvgIpc) is 3.15. The fraction of sp³-hybridized carbons (Fsp3) is 0.125. The summed E-state index contributed by atoms with van der Waals surface area (Å²) < 4.78 is 5.74. The number of pyridine rings is 1. The van der Waals surface area contributed by atoms with Crippen molar-refractivity contribution in [2.24, 2.45) is 5.73 Å². The summed E-state index contributed by atoms with van der Waals surface area (Å²) in [5.74, 6) is 0.0584. The topological polar surface area (TPSA) is 101 Å². The van der Waals surface area contributed by atoms with Crippen LogP contribution in [0.4, 0.5) is 0 Å². The number of H-pyrrole nitrogens is 1. The minimum absolute atomic E-state index is 0.0783. The van der Waals surface area contributed by atoms with E-state index in [1.807, 2.05) is 30.3 Å². The van der Waals surface area contributed by atoms with Crippen LogP contribution in [0.2, 0.25) is 0 Å². The van der Waals surface area contributed by atoms with Crippen LogP contribution in [0.3, 0.4) is 0 Å². The summed E-state index contributed by atoms with van der Waals surface area (Å²) in [7, 11) is 0. The predicted octanol–water partition coefficient (Wildman–Crippen LogP) is 4.46. The fourth-order valence-electron chi connectivity index (χ4n) is 4.23. The van der Waals surface area contributed by atoms with E-state index in [1.54, 1.807) is 6.20 Å². The highest BCUT2D eigenvalue weighted by molar-refractivity contribution is 5.85. The number of para-hydroxylation sites is 1. The molecule has 0 saturated carbocycles. The number of ether oxygens (including phenoxy) is 1. The van der Waals surface area contributed by atoms with Gasteiger partial charge in [-0.15, -0.1) is 5.10 Å². The van der Waals surface area contributed by atoms with E-state index in [0.717, 1.165) is 38.9 Å². The van der Waals surface area contributed by atoms with Crippen LogP contribution in [0.5, 0.6) is 5.88 Å². The quantitative estimate of drug-likeness (QED) is 0.524. The van der Waals surface area contributed by atoms with Gasteiger partial charge in [0, 0.05) is 17.1 Å². The lowest BCUT2D eigenvalue weighted by atomic mass is 9.81. The van der Waals surface area contributed by atoms with Gasteiger partial charge in [-0.3, -0.25) is 10.1 Å². The molecular formula is C24H19N5O. The monoisotopic (exact) mass is 393 g/mol. The van der Waals surface area contributed by atoms with Crippen molar-refractivity contribution >= 4 is 10.9 Å². The lowest BCUT2D eigenvalue weighted by Crippen LogP contribution is -2.21. The van der Waals surface area contributed by atoms with Crippen molar-refractivity contribution < 1.29 is 4.74 Å². The standard InChI is InChI=1S/C24H19N5O/c1-13-7-8-15(14(2)11-13)22-21-20(18(12-25)23(26)30-24(21)29-28-22)17-9-10-27-19-6-4-3-5-16(17)19/h3-11,20H,26H2,1-2H3,(H,28,29)/t20-/m0/s1. The molecule has 2 aromatic heterocycles. The van der Waals surface area contributed by atoms with Crippen molar-refractivity contribution in [3.63, 3.8) is 0 Å². The Hall–Kier alpha value is -4.11. The average molecular weight is 393 g/mol. The molecule has 0 aliphatic carbocycles. The van der Waals surface area contributed by atoms with Gasteiger partial charge in [-0.2, -0.15) is 5.26 Å². The molecule has 0 bridgehead atoms. The largest absolute Gasteiger partial charge is 0.420 e. The maximum Gasteiger partial charge on any atom is 0.244 e. The number of fused-ring (bicyclic) bond motifs is 2. The molecular weight excluding hydrogens is 374 g/mol. The van der Waals surface area contributed by atoms with E-state index in [-0.39, 0.29) is 5.88 Å². The Bertz CT molecular complexity index is 1370. The Labute approximate surface area is 173 Å². The normalized spacial score (nSPS) is 15.6. The fourth-order valence-corrected chi connectivity index (χ4v) is 4.23. The van der Waals surface area contributed by atoms with Crippen LogP contribution in [0.15, 0.2) is 66.2 Å². The summed E-state index contributed by atoms with van der Waals surface area (Å²) in [5, 5.41) is 18.4. The van der Waals surface area contributed by atoms with Crippen LogP contribution < -0.4 is 10.5 Å². The van der Waals surface area contributed by atoms with Crippen molar-refractivity contribution in [3.05, 3.63) is 88.4 Å². The predicted molar refractivity (Wildman–Crippen MR) is 115 cm³/mol. The van der Waals surface area contributed by atoms with Crippen molar-refractivity contribution in [1.82, 2.24) is 15.2 Å². The summed E-state index contributed by atoms with van der Waals surface area (Å²) in [6.07, 6.45) is 1.76. The zero-order chi connectivity index (χ0) is 20.8. The molecule has 2 aromatic carbocycles. The zero-order valence-electron chi connectivity index (χ0n) is 16.6. The van der Waals surface area contributed by atoms with E-state index in [2.05, 4.69) is 53.3 Å². The van der Waals surface area contributed by atoms with Gasteiger partial charge in [-0.1, -0.05) is 42.0 Å². The number of aryl methyl sites for hydroxylation is 2. The molecule has 0 spiro atoms. The van der Waals surface area contributed by atoms with Crippen LogP contribution in [0.25, 0.3) is 22.2 Å². The highest BCUT2D eigenvalue weighted by Gasteiger charge is 2.36. The number of nitriles is 1. The molecule has 1 aliphatic heterocycles. The van der Waals surface area contributed by atoms with E-state index in [9.17, 15) is 5.26 Å². The number of hydrogen-bond donors (Lipinski definition) is 2. The van der Waals surface area contributed by atoms with E-state index < -0.39 is 5.92 Å². The van der Waals surface area contributed by atoms with Gasteiger partial charge in [0.1, 0.15) is 11.6 Å². The first-order valence-corrected chi connectivity index (χ1v) is 9.65. The third kappa shape index (κ3) is 2.64. The summed E-state index contributed by atoms with van der Waals surface area (Å²) in [5.41, 5.74) is 13.2. The lowest BCUT2D eigenvalue weighted by Gasteiger charge is -2.25. The minimum Gasteiger partial charge on any atom is -0.420 e. The highest BCUT2D eigenvalue weighted by Crippen LogP contribution is 2.47. The van der Waals surface area contributed by atoms with Gasteiger partial charge in [0.15, 0.2) is 0 Å². The van der Waals surface area contributed by atoms with Crippen LogP contribution in [-0.2, 0) is 0 Å². The smallest absolute Gasteiger partial charge is 0.244 e. The number of benzene rings is 2. The van der Waals surface area contributed by atoms with Crippen molar-refractivity contribution in [1.29, 1.82) is 5.26 Å². The molecule has 3 N–H and O–H groups in total. The van der Waals surface area contributed by atoms with Gasteiger partial charge in [0.25, 0.3) is 0 Å². The van der Waals surface area contributed by atoms with E-state index in [1.165, 1.54) is 5.56 Å². The van der Waals surface area contributed by atoms with Gasteiger partial charge < -0.3 is 10.5 Å². The molecule has 0 unspecified atom stereocenters. The second-order valence-electron chi connectivity index (χ2n) is 7.48. The van der Waals surface area contributed by atoms with Gasteiger partial charge >= 0.3 is 0 Å². The lowest BCUT2D eigenvalue weighted by molar-refractivity contribution is 0.379. The van der Waals surface area contributed by atoms with Crippen LogP contribution in [0, 0.1) is 25.2 Å². The summed E-state index contributed by atoms with van der Waals surface area (Å²) in [6.45, 7) is 4.12. The van der Waals surface area contributed by atoms with E-state index >= 15 is 0 Å². The molecule has 0 fully saturated rings. The second kappa shape index (κ2) is 6.75. The summed E-state index contributed by atoms with van der Waals surface area (Å²) in [6, 6.07) is 18.3. The first kappa shape index (κ1) is 18.0. The van der Waals surface area contributed by atoms with Crippen LogP contribution >= 0.6 is 0 Å². The van der Waals surface area contributed by atoms with Crippen LogP contribution in [-0.4, -0.2) is 15.2 Å². The molecule has 1 atom stereocenters. The molecule has 1 aliphatic rings. The van der Waals surface area contributed by atoms with Crippen molar-refractivity contribution in [3.8, 4) is 23.2 Å². The highest BCUT2D eigenvalue weighted by atomic mass is 16.5. The number of rotatable bonds is 2. The number of hydrogen-bond acceptors (Lipinski definition) is 5. The molecule has 5 rings (SSSR count). The zero-order valence-corrected chi connectivity index (χ0v) is 16.6. The molecule has 0 radical (unpaired) electrons. The third-order valence-electron chi connectivity index (χ3n) is 5.58.